The maximum absolute atomic E-state index is 11.4. The van der Waals surface area contributed by atoms with E-state index in [9.17, 15) is 19.2 Å². The standard InChI is InChI=1S/C16H24O7/c1-16(2,3)11-15(21)23-14(20)7-5-4-6-10-22-13(19)9-8-12(17)18/h8-9H,4-7,10-11H2,1-3H3,(H,17,18)/b9-8-. The van der Waals surface area contributed by atoms with Crippen LogP contribution in [-0.4, -0.2) is 35.6 Å². The molecule has 0 fully saturated rings. The fourth-order valence-corrected chi connectivity index (χ4v) is 1.56. The molecule has 0 aliphatic rings. The summed E-state index contributed by atoms with van der Waals surface area (Å²) in [4.78, 5) is 44.1. The SMILES string of the molecule is CC(C)(C)CC(=O)OC(=O)CCCCCOC(=O)/C=C\C(=O)O. The molecule has 0 saturated carbocycles. The number of hydrogen-bond acceptors (Lipinski definition) is 6. The van der Waals surface area contributed by atoms with Crippen LogP contribution in [0, 0.1) is 5.41 Å². The van der Waals surface area contributed by atoms with E-state index in [0.29, 0.717) is 25.3 Å². The number of unbranched alkanes of at least 4 members (excludes halogenated alkanes) is 2. The Labute approximate surface area is 135 Å². The highest BCUT2D eigenvalue weighted by Gasteiger charge is 2.19. The van der Waals surface area contributed by atoms with Gasteiger partial charge in [0.2, 0.25) is 0 Å². The molecule has 0 aromatic rings. The maximum Gasteiger partial charge on any atom is 0.331 e. The number of carboxylic acids is 1. The fraction of sp³-hybridized carbons (Fsp3) is 0.625. The van der Waals surface area contributed by atoms with Crippen LogP contribution in [-0.2, 0) is 28.7 Å². The molecule has 23 heavy (non-hydrogen) atoms. The molecule has 0 aromatic carbocycles. The summed E-state index contributed by atoms with van der Waals surface area (Å²) in [6.07, 6.45) is 3.52. The Kier molecular flexibility index (Phi) is 9.53. The second-order valence-corrected chi connectivity index (χ2v) is 6.23. The summed E-state index contributed by atoms with van der Waals surface area (Å²) in [5.74, 6) is -3.02. The third kappa shape index (κ3) is 14.5. The molecule has 0 unspecified atom stereocenters. The molecular formula is C16H24O7. The normalized spacial score (nSPS) is 11.3. The summed E-state index contributed by atoms with van der Waals surface area (Å²) in [6, 6.07) is 0. The summed E-state index contributed by atoms with van der Waals surface area (Å²) in [6.45, 7) is 5.78. The number of carbonyl (C=O) groups is 4. The smallest absolute Gasteiger partial charge is 0.331 e. The van der Waals surface area contributed by atoms with Crippen LogP contribution in [0.15, 0.2) is 12.2 Å². The van der Waals surface area contributed by atoms with Gasteiger partial charge in [0, 0.05) is 18.6 Å². The quantitative estimate of drug-likeness (QED) is 0.299. The van der Waals surface area contributed by atoms with Gasteiger partial charge in [-0.1, -0.05) is 20.8 Å². The van der Waals surface area contributed by atoms with E-state index in [2.05, 4.69) is 0 Å². The molecule has 0 aliphatic heterocycles. The lowest BCUT2D eigenvalue weighted by molar-refractivity contribution is -0.161. The van der Waals surface area contributed by atoms with Gasteiger partial charge in [-0.3, -0.25) is 9.59 Å². The van der Waals surface area contributed by atoms with Crippen molar-refractivity contribution in [3.05, 3.63) is 12.2 Å². The predicted molar refractivity (Wildman–Crippen MR) is 81.4 cm³/mol. The summed E-state index contributed by atoms with van der Waals surface area (Å²) < 4.78 is 9.46. The monoisotopic (exact) mass is 328 g/mol. The lowest BCUT2D eigenvalue weighted by Crippen LogP contribution is -2.18. The number of rotatable bonds is 9. The van der Waals surface area contributed by atoms with Crippen molar-refractivity contribution in [2.75, 3.05) is 6.61 Å². The number of ether oxygens (including phenoxy) is 2. The minimum Gasteiger partial charge on any atom is -0.478 e. The van der Waals surface area contributed by atoms with Gasteiger partial charge in [-0.2, -0.15) is 0 Å². The Morgan fingerprint density at radius 2 is 1.61 bits per heavy atom. The van der Waals surface area contributed by atoms with Crippen LogP contribution >= 0.6 is 0 Å². The Morgan fingerprint density at radius 3 is 2.17 bits per heavy atom. The van der Waals surface area contributed by atoms with Gasteiger partial charge in [-0.15, -0.1) is 0 Å². The van der Waals surface area contributed by atoms with Crippen LogP contribution in [0.3, 0.4) is 0 Å². The molecular weight excluding hydrogens is 304 g/mol. The van der Waals surface area contributed by atoms with Gasteiger partial charge in [0.1, 0.15) is 0 Å². The van der Waals surface area contributed by atoms with E-state index < -0.39 is 23.9 Å². The van der Waals surface area contributed by atoms with E-state index in [1.165, 1.54) is 0 Å². The van der Waals surface area contributed by atoms with Crippen LogP contribution < -0.4 is 0 Å². The highest BCUT2D eigenvalue weighted by atomic mass is 16.6. The second kappa shape index (κ2) is 10.5. The molecule has 0 radical (unpaired) electrons. The zero-order valence-electron chi connectivity index (χ0n) is 13.8. The van der Waals surface area contributed by atoms with Gasteiger partial charge in [-0.25, -0.2) is 9.59 Å². The average molecular weight is 328 g/mol. The molecule has 0 bridgehead atoms. The minimum absolute atomic E-state index is 0.128. The molecule has 130 valence electrons. The van der Waals surface area contributed by atoms with Crippen LogP contribution in [0.1, 0.15) is 52.9 Å². The Bertz CT molecular complexity index is 458. The van der Waals surface area contributed by atoms with Crippen molar-refractivity contribution in [1.82, 2.24) is 0 Å². The van der Waals surface area contributed by atoms with Crippen molar-refractivity contribution in [1.29, 1.82) is 0 Å². The molecule has 1 N–H and O–H groups in total. The van der Waals surface area contributed by atoms with E-state index in [0.717, 1.165) is 6.08 Å². The van der Waals surface area contributed by atoms with E-state index >= 15 is 0 Å². The molecule has 7 nitrogen and oxygen atoms in total. The highest BCUT2D eigenvalue weighted by molar-refractivity contribution is 5.90. The topological polar surface area (TPSA) is 107 Å². The van der Waals surface area contributed by atoms with Crippen molar-refractivity contribution in [3.63, 3.8) is 0 Å². The number of aliphatic carboxylic acids is 1. The Hall–Kier alpha value is -2.18. The Morgan fingerprint density at radius 1 is 0.957 bits per heavy atom. The molecule has 0 saturated heterocycles. The number of carbonyl (C=O) groups excluding carboxylic acids is 3. The minimum atomic E-state index is -1.22. The summed E-state index contributed by atoms with van der Waals surface area (Å²) in [5.41, 5.74) is -0.226. The summed E-state index contributed by atoms with van der Waals surface area (Å²) in [5, 5.41) is 8.32. The van der Waals surface area contributed by atoms with Crippen molar-refractivity contribution < 1.29 is 33.8 Å². The molecule has 0 aromatic heterocycles. The van der Waals surface area contributed by atoms with Gasteiger partial charge in [0.05, 0.1) is 13.0 Å². The van der Waals surface area contributed by atoms with Gasteiger partial charge in [0.25, 0.3) is 0 Å². The zero-order valence-corrected chi connectivity index (χ0v) is 13.8. The van der Waals surface area contributed by atoms with Crippen LogP contribution in [0.5, 0.6) is 0 Å². The number of esters is 3. The van der Waals surface area contributed by atoms with Crippen molar-refractivity contribution >= 4 is 23.9 Å². The van der Waals surface area contributed by atoms with E-state index in [-0.39, 0.29) is 24.9 Å². The van der Waals surface area contributed by atoms with Gasteiger partial charge in [-0.05, 0) is 24.7 Å². The molecule has 0 heterocycles. The first-order valence-electron chi connectivity index (χ1n) is 7.41. The molecule has 0 spiro atoms. The predicted octanol–water partition coefficient (Wildman–Crippen LogP) is 2.24. The Balaban J connectivity index is 3.68. The van der Waals surface area contributed by atoms with Crippen molar-refractivity contribution in [2.24, 2.45) is 5.41 Å². The maximum atomic E-state index is 11.4. The fourth-order valence-electron chi connectivity index (χ4n) is 1.56. The van der Waals surface area contributed by atoms with Gasteiger partial charge in [0.15, 0.2) is 0 Å². The van der Waals surface area contributed by atoms with Crippen molar-refractivity contribution in [2.45, 2.75) is 52.9 Å². The van der Waals surface area contributed by atoms with Crippen molar-refractivity contribution in [3.8, 4) is 0 Å². The molecule has 0 amide bonds. The summed E-state index contributed by atoms with van der Waals surface area (Å²) in [7, 11) is 0. The van der Waals surface area contributed by atoms with Crippen LogP contribution in [0.4, 0.5) is 0 Å². The van der Waals surface area contributed by atoms with E-state index in [1.807, 2.05) is 20.8 Å². The molecule has 7 heteroatoms. The number of hydrogen-bond donors (Lipinski definition) is 1. The van der Waals surface area contributed by atoms with E-state index in [4.69, 9.17) is 14.6 Å². The largest absolute Gasteiger partial charge is 0.478 e. The first-order chi connectivity index (χ1) is 10.6. The third-order valence-corrected chi connectivity index (χ3v) is 2.53. The molecule has 0 atom stereocenters. The summed E-state index contributed by atoms with van der Waals surface area (Å²) >= 11 is 0. The first-order valence-corrected chi connectivity index (χ1v) is 7.41. The highest BCUT2D eigenvalue weighted by Crippen LogP contribution is 2.19. The molecule has 0 rings (SSSR count). The van der Waals surface area contributed by atoms with Gasteiger partial charge >= 0.3 is 23.9 Å². The lowest BCUT2D eigenvalue weighted by Gasteiger charge is -2.15. The third-order valence-electron chi connectivity index (χ3n) is 2.53. The van der Waals surface area contributed by atoms with E-state index in [1.54, 1.807) is 0 Å². The second-order valence-electron chi connectivity index (χ2n) is 6.23. The molecule has 0 aliphatic carbocycles. The first kappa shape index (κ1) is 20.8. The van der Waals surface area contributed by atoms with Crippen LogP contribution in [0.2, 0.25) is 0 Å². The number of carboxylic acid groups (broad SMARTS) is 1. The van der Waals surface area contributed by atoms with Gasteiger partial charge < -0.3 is 14.6 Å². The zero-order chi connectivity index (χ0) is 17.9. The van der Waals surface area contributed by atoms with Crippen LogP contribution in [0.25, 0.3) is 0 Å². The average Bonchev–Trinajstić information content (AvgIpc) is 2.37. The lowest BCUT2D eigenvalue weighted by atomic mass is 9.92.